The predicted molar refractivity (Wildman–Crippen MR) is 84.9 cm³/mol. The van der Waals surface area contributed by atoms with Crippen LogP contribution in [-0.4, -0.2) is 35.6 Å². The van der Waals surface area contributed by atoms with Crippen molar-refractivity contribution in [3.05, 3.63) is 40.8 Å². The normalized spacial score (nSPS) is 12.7. The van der Waals surface area contributed by atoms with Crippen LogP contribution in [0.25, 0.3) is 0 Å². The summed E-state index contributed by atoms with van der Waals surface area (Å²) in [6.45, 7) is 1.39. The molecule has 3 rings (SSSR count). The Balaban J connectivity index is 1.62. The molecule has 1 aromatic carbocycles. The van der Waals surface area contributed by atoms with Crippen molar-refractivity contribution < 1.29 is 14.3 Å². The highest BCUT2D eigenvalue weighted by molar-refractivity contribution is 6.32. The summed E-state index contributed by atoms with van der Waals surface area (Å²) in [7, 11) is 0. The van der Waals surface area contributed by atoms with Crippen molar-refractivity contribution in [3.63, 3.8) is 0 Å². The van der Waals surface area contributed by atoms with Gasteiger partial charge < -0.3 is 20.5 Å². The Bertz CT molecular complexity index is 739. The van der Waals surface area contributed by atoms with Crippen LogP contribution in [0.1, 0.15) is 16.1 Å². The van der Waals surface area contributed by atoms with Gasteiger partial charge in [-0.1, -0.05) is 11.6 Å². The van der Waals surface area contributed by atoms with E-state index in [1.807, 2.05) is 6.07 Å². The van der Waals surface area contributed by atoms with Gasteiger partial charge in [-0.15, -0.1) is 0 Å². The summed E-state index contributed by atoms with van der Waals surface area (Å²) in [5, 5.41) is 3.25. The van der Waals surface area contributed by atoms with E-state index in [4.69, 9.17) is 26.8 Å². The zero-order chi connectivity index (χ0) is 16.2. The lowest BCUT2D eigenvalue weighted by Gasteiger charge is -2.20. The van der Waals surface area contributed by atoms with Crippen LogP contribution in [0.2, 0.25) is 5.02 Å². The number of carbonyl (C=O) groups is 1. The minimum Gasteiger partial charge on any atom is -0.486 e. The van der Waals surface area contributed by atoms with Crippen molar-refractivity contribution in [2.75, 3.05) is 25.5 Å². The lowest BCUT2D eigenvalue weighted by Crippen LogP contribution is -2.27. The third-order valence-corrected chi connectivity index (χ3v) is 3.58. The molecule has 0 spiro atoms. The van der Waals surface area contributed by atoms with E-state index >= 15 is 0 Å². The number of anilines is 1. The molecule has 0 unspecified atom stereocenters. The minimum atomic E-state index is -0.362. The maximum atomic E-state index is 12.0. The van der Waals surface area contributed by atoms with E-state index in [1.165, 1.54) is 12.4 Å². The Morgan fingerprint density at radius 1 is 1.26 bits per heavy atom. The molecule has 0 atom stereocenters. The van der Waals surface area contributed by atoms with E-state index in [9.17, 15) is 4.79 Å². The lowest BCUT2D eigenvalue weighted by atomic mass is 10.1. The Morgan fingerprint density at radius 3 is 2.87 bits per heavy atom. The molecule has 23 heavy (non-hydrogen) atoms. The summed E-state index contributed by atoms with van der Waals surface area (Å²) >= 11 is 6.18. The zero-order valence-electron chi connectivity index (χ0n) is 12.2. The maximum absolute atomic E-state index is 12.0. The minimum absolute atomic E-state index is 0.104. The molecule has 3 N–H and O–H groups in total. The van der Waals surface area contributed by atoms with Gasteiger partial charge in [-0.25, -0.2) is 9.97 Å². The maximum Gasteiger partial charge on any atom is 0.273 e. The summed E-state index contributed by atoms with van der Waals surface area (Å²) in [4.78, 5) is 19.7. The van der Waals surface area contributed by atoms with Crippen molar-refractivity contribution in [3.8, 4) is 11.5 Å². The van der Waals surface area contributed by atoms with E-state index in [1.54, 1.807) is 6.07 Å². The molecule has 0 radical (unpaired) electrons. The number of amides is 1. The van der Waals surface area contributed by atoms with Gasteiger partial charge in [0.15, 0.2) is 23.0 Å². The molecule has 8 heteroatoms. The largest absolute Gasteiger partial charge is 0.486 e. The third kappa shape index (κ3) is 3.45. The molecular formula is C15H15ClN4O3. The topological polar surface area (TPSA) is 99.4 Å². The van der Waals surface area contributed by atoms with Gasteiger partial charge in [0.1, 0.15) is 13.2 Å². The first kappa shape index (κ1) is 15.4. The van der Waals surface area contributed by atoms with E-state index in [0.29, 0.717) is 42.7 Å². The van der Waals surface area contributed by atoms with Crippen LogP contribution < -0.4 is 20.5 Å². The monoisotopic (exact) mass is 334 g/mol. The molecule has 1 aliphatic heterocycles. The second kappa shape index (κ2) is 6.70. The molecule has 2 aromatic rings. The number of hydrogen-bond acceptors (Lipinski definition) is 6. The number of nitrogens with two attached hydrogens (primary N) is 1. The molecule has 120 valence electrons. The number of nitrogens with one attached hydrogen (secondary N) is 1. The van der Waals surface area contributed by atoms with Gasteiger partial charge >= 0.3 is 0 Å². The highest BCUT2D eigenvalue weighted by atomic mass is 35.5. The number of ether oxygens (including phenoxy) is 2. The van der Waals surface area contributed by atoms with Crippen LogP contribution in [0.4, 0.5) is 5.82 Å². The molecule has 1 amide bonds. The number of fused-ring (bicyclic) bond motifs is 1. The fourth-order valence-corrected chi connectivity index (χ4v) is 2.52. The molecule has 0 bridgehead atoms. The van der Waals surface area contributed by atoms with Crippen molar-refractivity contribution in [1.29, 1.82) is 0 Å². The summed E-state index contributed by atoms with van der Waals surface area (Å²) in [5.41, 5.74) is 6.67. The van der Waals surface area contributed by atoms with Crippen LogP contribution >= 0.6 is 11.6 Å². The fourth-order valence-electron chi connectivity index (χ4n) is 2.24. The number of halogens is 1. The molecule has 1 aliphatic rings. The summed E-state index contributed by atoms with van der Waals surface area (Å²) in [6, 6.07) is 3.67. The standard InChI is InChI=1S/C15H15ClN4O3/c16-10-7-9(8-11-13(10)23-6-5-22-11)1-2-20-15(21)12-14(17)19-4-3-18-12/h3-4,7-8H,1-2,5-6H2,(H2,17,19)(H,20,21). The van der Waals surface area contributed by atoms with Crippen LogP contribution in [0.15, 0.2) is 24.5 Å². The summed E-state index contributed by atoms with van der Waals surface area (Å²) in [6.07, 6.45) is 3.44. The third-order valence-electron chi connectivity index (χ3n) is 3.30. The first-order valence-electron chi connectivity index (χ1n) is 7.08. The van der Waals surface area contributed by atoms with Gasteiger partial charge in [-0.05, 0) is 24.1 Å². The van der Waals surface area contributed by atoms with Crippen LogP contribution in [0, 0.1) is 0 Å². The summed E-state index contributed by atoms with van der Waals surface area (Å²) < 4.78 is 11.0. The average molecular weight is 335 g/mol. The Morgan fingerprint density at radius 2 is 2.04 bits per heavy atom. The van der Waals surface area contributed by atoms with Gasteiger partial charge in [-0.3, -0.25) is 4.79 Å². The highest BCUT2D eigenvalue weighted by Gasteiger charge is 2.17. The Hall–Kier alpha value is -2.54. The number of carbonyl (C=O) groups excluding carboxylic acids is 1. The van der Waals surface area contributed by atoms with Crippen LogP contribution in [-0.2, 0) is 6.42 Å². The molecule has 0 saturated carbocycles. The van der Waals surface area contributed by atoms with Crippen molar-refractivity contribution in [2.24, 2.45) is 0 Å². The number of hydrogen-bond donors (Lipinski definition) is 2. The van der Waals surface area contributed by atoms with Crippen molar-refractivity contribution >= 4 is 23.3 Å². The number of nitrogen functional groups attached to an aromatic ring is 1. The number of rotatable bonds is 4. The van der Waals surface area contributed by atoms with Crippen LogP contribution in [0.3, 0.4) is 0 Å². The van der Waals surface area contributed by atoms with E-state index in [-0.39, 0.29) is 17.4 Å². The fraction of sp³-hybridized carbons (Fsp3) is 0.267. The predicted octanol–water partition coefficient (Wildman–Crippen LogP) is 1.46. The second-order valence-corrected chi connectivity index (χ2v) is 5.31. The Labute approximate surface area is 137 Å². The number of nitrogens with zero attached hydrogens (tertiary/aromatic N) is 2. The van der Waals surface area contributed by atoms with Gasteiger partial charge in [0.25, 0.3) is 5.91 Å². The Kier molecular flexibility index (Phi) is 4.47. The molecule has 7 nitrogen and oxygen atoms in total. The van der Waals surface area contributed by atoms with Gasteiger partial charge in [0.05, 0.1) is 5.02 Å². The summed E-state index contributed by atoms with van der Waals surface area (Å²) in [5.74, 6) is 0.938. The average Bonchev–Trinajstić information content (AvgIpc) is 2.55. The molecule has 0 saturated heterocycles. The zero-order valence-corrected chi connectivity index (χ0v) is 13.0. The van der Waals surface area contributed by atoms with Crippen molar-refractivity contribution in [2.45, 2.75) is 6.42 Å². The van der Waals surface area contributed by atoms with Gasteiger partial charge in [0, 0.05) is 18.9 Å². The lowest BCUT2D eigenvalue weighted by molar-refractivity contribution is 0.0950. The molecule has 2 heterocycles. The molecule has 1 aromatic heterocycles. The SMILES string of the molecule is Nc1nccnc1C(=O)NCCc1cc(Cl)c2c(c1)OCCO2. The first-order valence-corrected chi connectivity index (χ1v) is 7.45. The first-order chi connectivity index (χ1) is 11.1. The van der Waals surface area contributed by atoms with Crippen LogP contribution in [0.5, 0.6) is 11.5 Å². The van der Waals surface area contributed by atoms with Crippen molar-refractivity contribution in [1.82, 2.24) is 15.3 Å². The smallest absolute Gasteiger partial charge is 0.273 e. The van der Waals surface area contributed by atoms with E-state index < -0.39 is 0 Å². The van der Waals surface area contributed by atoms with E-state index in [2.05, 4.69) is 15.3 Å². The molecule has 0 fully saturated rings. The van der Waals surface area contributed by atoms with E-state index in [0.717, 1.165) is 5.56 Å². The molecular weight excluding hydrogens is 320 g/mol. The highest BCUT2D eigenvalue weighted by Crippen LogP contribution is 2.38. The second-order valence-electron chi connectivity index (χ2n) is 4.90. The quantitative estimate of drug-likeness (QED) is 0.878. The number of benzene rings is 1. The van der Waals surface area contributed by atoms with Gasteiger partial charge in [-0.2, -0.15) is 0 Å². The molecule has 0 aliphatic carbocycles. The number of aromatic nitrogens is 2. The van der Waals surface area contributed by atoms with Gasteiger partial charge in [0.2, 0.25) is 0 Å².